The lowest BCUT2D eigenvalue weighted by Gasteiger charge is -2.40. The van der Waals surface area contributed by atoms with Gasteiger partial charge < -0.3 is 5.11 Å². The first kappa shape index (κ1) is 8.49. The summed E-state index contributed by atoms with van der Waals surface area (Å²) < 4.78 is 0. The lowest BCUT2D eigenvalue weighted by molar-refractivity contribution is -0.0692. The molecule has 2 heteroatoms. The minimum absolute atomic E-state index is 0. The van der Waals surface area contributed by atoms with Gasteiger partial charge in [-0.1, -0.05) is 6.92 Å². The van der Waals surface area contributed by atoms with Crippen LogP contribution in [0.3, 0.4) is 0 Å². The number of aliphatic hydroxyl groups is 1. The number of hydrogen-bond donors (Lipinski definition) is 1. The molecule has 0 radical (unpaired) electrons. The van der Waals surface area contributed by atoms with Crippen molar-refractivity contribution in [3.63, 3.8) is 0 Å². The van der Waals surface area contributed by atoms with E-state index in [0.717, 1.165) is 6.42 Å². The topological polar surface area (TPSA) is 20.2 Å². The Hall–Kier alpha value is 0.492. The highest BCUT2D eigenvalue weighted by Gasteiger charge is 2.36. The van der Waals surface area contributed by atoms with Crippen molar-refractivity contribution in [2.45, 2.75) is 32.3 Å². The molecule has 2 unspecified atom stereocenters. The molecule has 0 spiro atoms. The van der Waals surface area contributed by atoms with Crippen LogP contribution in [-0.4, -0.2) is 28.1 Å². The van der Waals surface area contributed by atoms with E-state index in [-0.39, 0.29) is 23.0 Å². The fourth-order valence-corrected chi connectivity index (χ4v) is 0.851. The Kier molecular flexibility index (Phi) is 2.54. The van der Waals surface area contributed by atoms with Gasteiger partial charge in [0.05, 0.1) is 5.60 Å². The lowest BCUT2D eigenvalue weighted by Crippen LogP contribution is -2.41. The molecule has 1 fully saturated rings. The number of rotatable bonds is 0. The van der Waals surface area contributed by atoms with Crippen LogP contribution in [0, 0.1) is 5.92 Å². The second kappa shape index (κ2) is 2.39. The van der Waals surface area contributed by atoms with Gasteiger partial charge in [0.1, 0.15) is 0 Å². The van der Waals surface area contributed by atoms with Crippen molar-refractivity contribution in [1.82, 2.24) is 0 Å². The van der Waals surface area contributed by atoms with Gasteiger partial charge in [-0.15, -0.1) is 0 Å². The van der Waals surface area contributed by atoms with Crippen molar-refractivity contribution in [2.24, 2.45) is 5.92 Å². The standard InChI is InChI=1S/C6H12O.Al.3H/c1-5-3-4-6(5,2)7;;;;/h5,7H,3-4H2,1-2H3;;;;. The Labute approximate surface area is 61.2 Å². The Balaban J connectivity index is 0.000000490. The normalized spacial score (nSPS) is 44.6. The van der Waals surface area contributed by atoms with Gasteiger partial charge in [0.25, 0.3) is 0 Å². The van der Waals surface area contributed by atoms with Gasteiger partial charge in [-0.05, 0) is 25.7 Å². The van der Waals surface area contributed by atoms with E-state index in [1.807, 2.05) is 6.92 Å². The first-order valence-corrected chi connectivity index (χ1v) is 2.85. The molecule has 1 saturated carbocycles. The van der Waals surface area contributed by atoms with Crippen LogP contribution in [0.25, 0.3) is 0 Å². The average Bonchev–Trinajstić information content (AvgIpc) is 1.63. The van der Waals surface area contributed by atoms with Gasteiger partial charge in [-0.2, -0.15) is 0 Å². The third-order valence-corrected chi connectivity index (χ3v) is 2.15. The molecule has 2 atom stereocenters. The first-order chi connectivity index (χ1) is 3.13. The Morgan fingerprint density at radius 1 is 1.62 bits per heavy atom. The van der Waals surface area contributed by atoms with E-state index in [9.17, 15) is 5.11 Å². The summed E-state index contributed by atoms with van der Waals surface area (Å²) in [7, 11) is 0. The van der Waals surface area contributed by atoms with Crippen LogP contribution >= 0.6 is 0 Å². The molecule has 0 saturated heterocycles. The smallest absolute Gasteiger partial charge is 0.187 e. The van der Waals surface area contributed by atoms with Crippen LogP contribution in [0.1, 0.15) is 26.7 Å². The SMILES string of the molecule is CC1CCC1(C)O.[AlH3]. The monoisotopic (exact) mass is 130 g/mol. The predicted octanol–water partition coefficient (Wildman–Crippen LogP) is -0.0166. The van der Waals surface area contributed by atoms with E-state index in [4.69, 9.17) is 0 Å². The maximum absolute atomic E-state index is 9.18. The molecule has 0 aromatic carbocycles. The van der Waals surface area contributed by atoms with Gasteiger partial charge in [-0.3, -0.25) is 0 Å². The minimum atomic E-state index is -0.319. The van der Waals surface area contributed by atoms with Crippen molar-refractivity contribution in [2.75, 3.05) is 0 Å². The van der Waals surface area contributed by atoms with Crippen molar-refractivity contribution in [3.8, 4) is 0 Å². The summed E-state index contributed by atoms with van der Waals surface area (Å²) in [5, 5.41) is 9.18. The van der Waals surface area contributed by atoms with Crippen molar-refractivity contribution >= 4 is 17.4 Å². The van der Waals surface area contributed by atoms with Crippen LogP contribution in [0.15, 0.2) is 0 Å². The highest BCUT2D eigenvalue weighted by atomic mass is 27.0. The molecule has 48 valence electrons. The van der Waals surface area contributed by atoms with Crippen molar-refractivity contribution in [1.29, 1.82) is 0 Å². The second-order valence-corrected chi connectivity index (χ2v) is 2.80. The van der Waals surface area contributed by atoms with Gasteiger partial charge in [0, 0.05) is 0 Å². The summed E-state index contributed by atoms with van der Waals surface area (Å²) in [6, 6.07) is 0. The average molecular weight is 130 g/mol. The quantitative estimate of drug-likeness (QED) is 0.457. The molecular weight excluding hydrogens is 115 g/mol. The highest BCUT2D eigenvalue weighted by Crippen LogP contribution is 2.36. The minimum Gasteiger partial charge on any atom is -0.390 e. The molecule has 1 rings (SSSR count). The van der Waals surface area contributed by atoms with Crippen LogP contribution in [0.5, 0.6) is 0 Å². The van der Waals surface area contributed by atoms with E-state index in [1.54, 1.807) is 0 Å². The summed E-state index contributed by atoms with van der Waals surface area (Å²) in [6.07, 6.45) is 2.20. The van der Waals surface area contributed by atoms with E-state index in [2.05, 4.69) is 6.92 Å². The zero-order valence-electron chi connectivity index (χ0n) is 4.94. The Bertz CT molecular complexity index is 80.6. The summed E-state index contributed by atoms with van der Waals surface area (Å²) >= 11 is 0. The molecule has 0 bridgehead atoms. The maximum atomic E-state index is 9.18. The van der Waals surface area contributed by atoms with Crippen LogP contribution in [0.4, 0.5) is 0 Å². The molecule has 1 aliphatic rings. The molecule has 1 N–H and O–H groups in total. The molecule has 0 aromatic heterocycles. The number of hydrogen-bond acceptors (Lipinski definition) is 1. The largest absolute Gasteiger partial charge is 0.390 e. The third-order valence-electron chi connectivity index (χ3n) is 2.15. The van der Waals surface area contributed by atoms with E-state index >= 15 is 0 Å². The third kappa shape index (κ3) is 1.26. The van der Waals surface area contributed by atoms with E-state index < -0.39 is 0 Å². The van der Waals surface area contributed by atoms with Gasteiger partial charge in [0.2, 0.25) is 0 Å². The van der Waals surface area contributed by atoms with Crippen LogP contribution in [-0.2, 0) is 0 Å². The van der Waals surface area contributed by atoms with Crippen molar-refractivity contribution in [3.05, 3.63) is 0 Å². The molecule has 1 aliphatic carbocycles. The summed E-state index contributed by atoms with van der Waals surface area (Å²) in [5.74, 6) is 0.535. The summed E-state index contributed by atoms with van der Waals surface area (Å²) in [4.78, 5) is 0. The maximum Gasteiger partial charge on any atom is 0.187 e. The summed E-state index contributed by atoms with van der Waals surface area (Å²) in [6.45, 7) is 3.99. The molecule has 8 heavy (non-hydrogen) atoms. The van der Waals surface area contributed by atoms with Crippen LogP contribution in [0.2, 0.25) is 0 Å². The molecule has 1 nitrogen and oxygen atoms in total. The molecule has 0 heterocycles. The molecule has 0 aromatic rings. The Morgan fingerprint density at radius 2 is 2.00 bits per heavy atom. The highest BCUT2D eigenvalue weighted by molar-refractivity contribution is 5.75. The predicted molar refractivity (Wildman–Crippen MR) is 39.0 cm³/mol. The first-order valence-electron chi connectivity index (χ1n) is 2.85. The van der Waals surface area contributed by atoms with E-state index in [1.165, 1.54) is 6.42 Å². The van der Waals surface area contributed by atoms with Gasteiger partial charge in [-0.25, -0.2) is 0 Å². The summed E-state index contributed by atoms with van der Waals surface area (Å²) in [5.41, 5.74) is -0.319. The fourth-order valence-electron chi connectivity index (χ4n) is 0.851. The molecule has 0 amide bonds. The zero-order chi connectivity index (χ0) is 5.49. The molecule has 0 aliphatic heterocycles. The lowest BCUT2D eigenvalue weighted by atomic mass is 9.72. The molecular formula is C6H15AlO. The second-order valence-electron chi connectivity index (χ2n) is 2.80. The van der Waals surface area contributed by atoms with Crippen molar-refractivity contribution < 1.29 is 5.11 Å². The fraction of sp³-hybridized carbons (Fsp3) is 1.00. The van der Waals surface area contributed by atoms with Gasteiger partial charge >= 0.3 is 0 Å². The van der Waals surface area contributed by atoms with Gasteiger partial charge in [0.15, 0.2) is 17.4 Å². The zero-order valence-corrected chi connectivity index (χ0v) is 4.94. The Morgan fingerprint density at radius 3 is 2.00 bits per heavy atom. The van der Waals surface area contributed by atoms with E-state index in [0.29, 0.717) is 5.92 Å². The van der Waals surface area contributed by atoms with Crippen LogP contribution < -0.4 is 0 Å².